The number of nitrogens with two attached hydrogens (primary N) is 1. The largest absolute Gasteiger partial charge is 0.508 e. The second-order valence-corrected chi connectivity index (χ2v) is 9.76. The molecule has 0 spiro atoms. The number of aromatic hydroxyl groups is 1. The molecule has 208 valence electrons. The molecule has 0 aliphatic heterocycles. The van der Waals surface area contributed by atoms with Crippen LogP contribution < -0.4 is 21.7 Å². The maximum Gasteiger partial charge on any atom is 0.326 e. The third-order valence-corrected chi connectivity index (χ3v) is 6.36. The van der Waals surface area contributed by atoms with Crippen LogP contribution in [0.5, 0.6) is 5.75 Å². The van der Waals surface area contributed by atoms with Crippen LogP contribution in [0.1, 0.15) is 45.4 Å². The summed E-state index contributed by atoms with van der Waals surface area (Å²) < 4.78 is 0. The number of nitrogens with one attached hydrogen (secondary N) is 4. The predicted molar refractivity (Wildman–Crippen MR) is 140 cm³/mol. The number of hydrogen-bond acceptors (Lipinski definition) is 7. The molecule has 2 aromatic rings. The highest BCUT2D eigenvalue weighted by Crippen LogP contribution is 2.12. The van der Waals surface area contributed by atoms with E-state index in [1.807, 2.05) is 6.92 Å². The van der Waals surface area contributed by atoms with Crippen molar-refractivity contribution in [3.8, 4) is 5.75 Å². The van der Waals surface area contributed by atoms with Crippen molar-refractivity contribution in [1.29, 1.82) is 0 Å². The minimum atomic E-state index is -1.16. The van der Waals surface area contributed by atoms with Gasteiger partial charge in [-0.25, -0.2) is 9.78 Å². The molecule has 2 rings (SSSR count). The lowest BCUT2D eigenvalue weighted by Crippen LogP contribution is -2.59. The molecule has 0 saturated carbocycles. The molecule has 12 heteroatoms. The molecule has 0 aliphatic rings. The van der Waals surface area contributed by atoms with Crippen LogP contribution in [-0.2, 0) is 32.0 Å². The van der Waals surface area contributed by atoms with E-state index in [0.717, 1.165) is 5.56 Å². The van der Waals surface area contributed by atoms with Crippen molar-refractivity contribution in [2.24, 2.45) is 17.6 Å². The molecule has 3 amide bonds. The Morgan fingerprint density at radius 3 is 2.11 bits per heavy atom. The van der Waals surface area contributed by atoms with E-state index >= 15 is 0 Å². The molecule has 0 aliphatic carbocycles. The number of carboxylic acid groups (broad SMARTS) is 1. The number of carboxylic acids is 1. The Balaban J connectivity index is 2.16. The number of rotatable bonds is 14. The van der Waals surface area contributed by atoms with Crippen LogP contribution in [0.15, 0.2) is 36.8 Å². The maximum absolute atomic E-state index is 13.3. The molecule has 5 atom stereocenters. The van der Waals surface area contributed by atoms with Crippen molar-refractivity contribution < 1.29 is 29.4 Å². The number of hydrogen-bond donors (Lipinski definition) is 7. The number of benzene rings is 1. The van der Waals surface area contributed by atoms with Crippen molar-refractivity contribution in [1.82, 2.24) is 25.9 Å². The zero-order valence-electron chi connectivity index (χ0n) is 22.1. The number of phenols is 1. The summed E-state index contributed by atoms with van der Waals surface area (Å²) in [7, 11) is 0. The smallest absolute Gasteiger partial charge is 0.326 e. The Morgan fingerprint density at radius 2 is 1.58 bits per heavy atom. The molecular weight excluding hydrogens is 492 g/mol. The van der Waals surface area contributed by atoms with Crippen molar-refractivity contribution >= 4 is 23.7 Å². The Bertz CT molecular complexity index is 1070. The Labute approximate surface area is 221 Å². The van der Waals surface area contributed by atoms with E-state index in [1.54, 1.807) is 32.9 Å². The standard InChI is InChI=1S/C26H38N6O6/c1-5-15(4)22(26(37)38)32-25(36)21(14(2)3)31-24(35)20(11-17-12-28-13-29-17)30-23(34)19(27)10-16-6-8-18(33)9-7-16/h6-9,12-15,19-22,33H,5,10-11,27H2,1-4H3,(H,28,29)(H,30,34)(H,31,35)(H,32,36)(H,37,38). The van der Waals surface area contributed by atoms with Crippen molar-refractivity contribution in [2.45, 2.75) is 71.1 Å². The number of phenolic OH excluding ortho intramolecular Hbond substituents is 1. The first kappa shape index (κ1) is 30.3. The lowest BCUT2D eigenvalue weighted by Gasteiger charge is -2.28. The molecule has 1 aromatic carbocycles. The molecule has 1 aromatic heterocycles. The van der Waals surface area contributed by atoms with Crippen LogP contribution in [0.25, 0.3) is 0 Å². The van der Waals surface area contributed by atoms with E-state index in [-0.39, 0.29) is 30.4 Å². The first-order chi connectivity index (χ1) is 17.9. The molecule has 5 unspecified atom stereocenters. The van der Waals surface area contributed by atoms with Gasteiger partial charge in [0.2, 0.25) is 17.7 Å². The summed E-state index contributed by atoms with van der Waals surface area (Å²) in [4.78, 5) is 57.8. The first-order valence-electron chi connectivity index (χ1n) is 12.6. The van der Waals surface area contributed by atoms with Gasteiger partial charge in [0, 0.05) is 18.3 Å². The van der Waals surface area contributed by atoms with Gasteiger partial charge in [-0.15, -0.1) is 0 Å². The first-order valence-corrected chi connectivity index (χ1v) is 12.6. The number of imidazole rings is 1. The number of aromatic amines is 1. The summed E-state index contributed by atoms with van der Waals surface area (Å²) >= 11 is 0. The van der Waals surface area contributed by atoms with E-state index in [4.69, 9.17) is 5.73 Å². The number of amides is 3. The van der Waals surface area contributed by atoms with E-state index in [9.17, 15) is 29.4 Å². The van der Waals surface area contributed by atoms with Crippen LogP contribution in [-0.4, -0.2) is 68.0 Å². The van der Waals surface area contributed by atoms with Gasteiger partial charge in [-0.2, -0.15) is 0 Å². The normalized spacial score (nSPS) is 15.1. The SMILES string of the molecule is CCC(C)C(NC(=O)C(NC(=O)C(Cc1cnc[nH]1)NC(=O)C(N)Cc1ccc(O)cc1)C(C)C)C(=O)O. The fourth-order valence-corrected chi connectivity index (χ4v) is 3.80. The summed E-state index contributed by atoms with van der Waals surface area (Å²) in [5.41, 5.74) is 7.39. The summed E-state index contributed by atoms with van der Waals surface area (Å²) in [6.07, 6.45) is 3.72. The second-order valence-electron chi connectivity index (χ2n) is 9.76. The Hall–Kier alpha value is -3.93. The molecule has 0 fully saturated rings. The van der Waals surface area contributed by atoms with Crippen LogP contribution in [0, 0.1) is 11.8 Å². The van der Waals surface area contributed by atoms with Gasteiger partial charge in [-0.1, -0.05) is 46.2 Å². The lowest BCUT2D eigenvalue weighted by molar-refractivity contribution is -0.144. The molecule has 12 nitrogen and oxygen atoms in total. The van der Waals surface area contributed by atoms with Crippen LogP contribution >= 0.6 is 0 Å². The Morgan fingerprint density at radius 1 is 0.947 bits per heavy atom. The number of carbonyl (C=O) groups excluding carboxylic acids is 3. The van der Waals surface area contributed by atoms with Gasteiger partial charge in [0.1, 0.15) is 23.9 Å². The number of aromatic nitrogens is 2. The number of H-pyrrole nitrogens is 1. The average Bonchev–Trinajstić information content (AvgIpc) is 3.38. The summed E-state index contributed by atoms with van der Waals surface area (Å²) in [5.74, 6) is -3.59. The fourth-order valence-electron chi connectivity index (χ4n) is 3.80. The average molecular weight is 531 g/mol. The van der Waals surface area contributed by atoms with E-state index < -0.39 is 47.9 Å². The second kappa shape index (κ2) is 14.1. The quantitative estimate of drug-likeness (QED) is 0.183. The highest BCUT2D eigenvalue weighted by Gasteiger charge is 2.33. The number of nitrogens with zero attached hydrogens (tertiary/aromatic N) is 1. The van der Waals surface area contributed by atoms with Crippen molar-refractivity contribution in [3.63, 3.8) is 0 Å². The molecule has 0 bridgehead atoms. The van der Waals surface area contributed by atoms with Gasteiger partial charge in [0.05, 0.1) is 12.4 Å². The predicted octanol–water partition coefficient (Wildman–Crippen LogP) is 0.469. The molecular formula is C26H38N6O6. The van der Waals surface area contributed by atoms with Crippen molar-refractivity contribution in [2.75, 3.05) is 0 Å². The van der Waals surface area contributed by atoms with Gasteiger partial charge < -0.3 is 36.9 Å². The molecule has 0 radical (unpaired) electrons. The highest BCUT2D eigenvalue weighted by molar-refractivity contribution is 5.94. The molecule has 8 N–H and O–H groups in total. The monoisotopic (exact) mass is 530 g/mol. The van der Waals surface area contributed by atoms with Gasteiger partial charge >= 0.3 is 5.97 Å². The van der Waals surface area contributed by atoms with Gasteiger partial charge in [0.25, 0.3) is 0 Å². The van der Waals surface area contributed by atoms with Gasteiger partial charge in [-0.3, -0.25) is 14.4 Å². The van der Waals surface area contributed by atoms with Gasteiger partial charge in [0.15, 0.2) is 0 Å². The van der Waals surface area contributed by atoms with Crippen LogP contribution in [0.3, 0.4) is 0 Å². The zero-order chi connectivity index (χ0) is 28.4. The topological polar surface area (TPSA) is 200 Å². The van der Waals surface area contributed by atoms with E-state index in [2.05, 4.69) is 25.9 Å². The maximum atomic E-state index is 13.3. The zero-order valence-corrected chi connectivity index (χ0v) is 22.1. The third-order valence-electron chi connectivity index (χ3n) is 6.36. The fraction of sp³-hybridized carbons (Fsp3) is 0.500. The van der Waals surface area contributed by atoms with Crippen LogP contribution in [0.2, 0.25) is 0 Å². The molecule has 38 heavy (non-hydrogen) atoms. The minimum Gasteiger partial charge on any atom is -0.508 e. The molecule has 0 saturated heterocycles. The summed E-state index contributed by atoms with van der Waals surface area (Å²) in [6.45, 7) is 6.99. The highest BCUT2D eigenvalue weighted by atomic mass is 16.4. The Kier molecular flexibility index (Phi) is 11.3. The molecule has 1 heterocycles. The van der Waals surface area contributed by atoms with E-state index in [0.29, 0.717) is 12.1 Å². The third kappa shape index (κ3) is 8.87. The van der Waals surface area contributed by atoms with Crippen LogP contribution in [0.4, 0.5) is 0 Å². The summed E-state index contributed by atoms with van der Waals surface area (Å²) in [5, 5.41) is 26.9. The summed E-state index contributed by atoms with van der Waals surface area (Å²) in [6, 6.07) is 2.05. The number of carbonyl (C=O) groups is 4. The minimum absolute atomic E-state index is 0.0561. The van der Waals surface area contributed by atoms with Crippen molar-refractivity contribution in [3.05, 3.63) is 48.0 Å². The number of aliphatic carboxylic acids is 1. The van der Waals surface area contributed by atoms with E-state index in [1.165, 1.54) is 24.7 Å². The van der Waals surface area contributed by atoms with Gasteiger partial charge in [-0.05, 0) is 36.0 Å². The lowest BCUT2D eigenvalue weighted by atomic mass is 9.97.